The van der Waals surface area contributed by atoms with E-state index in [2.05, 4.69) is 54.7 Å². The molecule has 3 nitrogen and oxygen atoms in total. The van der Waals surface area contributed by atoms with Gasteiger partial charge in [-0.3, -0.25) is 4.68 Å². The molecule has 0 fully saturated rings. The minimum absolute atomic E-state index is 0.844. The topological polar surface area (TPSA) is 29.9 Å². The van der Waals surface area contributed by atoms with Crippen molar-refractivity contribution in [3.05, 3.63) is 47.3 Å². The molecule has 90 valence electrons. The highest BCUT2D eigenvalue weighted by molar-refractivity contribution is 5.46. The Bertz CT molecular complexity index is 483. The van der Waals surface area contributed by atoms with Gasteiger partial charge < -0.3 is 5.32 Å². The molecule has 0 aliphatic rings. The van der Waals surface area contributed by atoms with Crippen LogP contribution in [0.1, 0.15) is 23.7 Å². The smallest absolute Gasteiger partial charge is 0.0825 e. The predicted octanol–water partition coefficient (Wildman–Crippen LogP) is 3.13. The van der Waals surface area contributed by atoms with Gasteiger partial charge in [0.1, 0.15) is 0 Å². The lowest BCUT2D eigenvalue weighted by Gasteiger charge is -2.05. The number of anilines is 1. The summed E-state index contributed by atoms with van der Waals surface area (Å²) in [6, 6.07) is 8.59. The van der Waals surface area contributed by atoms with Gasteiger partial charge in [0.05, 0.1) is 11.4 Å². The van der Waals surface area contributed by atoms with Gasteiger partial charge in [0.25, 0.3) is 0 Å². The summed E-state index contributed by atoms with van der Waals surface area (Å²) in [5, 5.41) is 7.83. The number of hydrogen-bond acceptors (Lipinski definition) is 2. The zero-order chi connectivity index (χ0) is 12.3. The van der Waals surface area contributed by atoms with Gasteiger partial charge in [-0.15, -0.1) is 0 Å². The van der Waals surface area contributed by atoms with Crippen molar-refractivity contribution in [3.8, 4) is 0 Å². The molecule has 2 aromatic rings. The minimum atomic E-state index is 0.844. The van der Waals surface area contributed by atoms with Crippen LogP contribution in [-0.4, -0.2) is 9.78 Å². The Hall–Kier alpha value is -1.77. The summed E-state index contributed by atoms with van der Waals surface area (Å²) < 4.78 is 1.95. The second kappa shape index (κ2) is 5.04. The number of hydrogen-bond donors (Lipinski definition) is 1. The number of nitrogens with zero attached hydrogens (tertiary/aromatic N) is 2. The van der Waals surface area contributed by atoms with Crippen molar-refractivity contribution in [3.63, 3.8) is 0 Å². The fourth-order valence-electron chi connectivity index (χ4n) is 1.76. The third-order valence-corrected chi connectivity index (χ3v) is 2.87. The number of aryl methyl sites for hydroxylation is 3. The maximum Gasteiger partial charge on any atom is 0.0825 e. The van der Waals surface area contributed by atoms with Crippen LogP contribution in [0.4, 0.5) is 5.69 Å². The average molecular weight is 229 g/mol. The predicted molar refractivity (Wildman–Crippen MR) is 71.1 cm³/mol. The second-order valence-corrected chi connectivity index (χ2v) is 4.32. The molecule has 0 bridgehead atoms. The third-order valence-electron chi connectivity index (χ3n) is 2.87. The van der Waals surface area contributed by atoms with Crippen LogP contribution in [0.3, 0.4) is 0 Å². The maximum atomic E-state index is 4.41. The molecule has 17 heavy (non-hydrogen) atoms. The zero-order valence-electron chi connectivity index (χ0n) is 10.7. The van der Waals surface area contributed by atoms with Gasteiger partial charge in [0.15, 0.2) is 0 Å². The Morgan fingerprint density at radius 2 is 1.88 bits per heavy atom. The first-order chi connectivity index (χ1) is 8.19. The summed E-state index contributed by atoms with van der Waals surface area (Å²) >= 11 is 0. The Morgan fingerprint density at radius 3 is 2.47 bits per heavy atom. The molecule has 1 aromatic heterocycles. The first kappa shape index (κ1) is 11.7. The number of rotatable bonds is 4. The van der Waals surface area contributed by atoms with Crippen LogP contribution in [0, 0.1) is 13.8 Å². The summed E-state index contributed by atoms with van der Waals surface area (Å²) in [4.78, 5) is 0. The molecule has 0 spiro atoms. The van der Waals surface area contributed by atoms with Gasteiger partial charge in [0.2, 0.25) is 0 Å². The number of nitrogens with one attached hydrogen (secondary N) is 1. The van der Waals surface area contributed by atoms with Crippen molar-refractivity contribution in [2.45, 2.75) is 33.9 Å². The summed E-state index contributed by atoms with van der Waals surface area (Å²) in [5.74, 6) is 0. The average Bonchev–Trinajstić information content (AvgIpc) is 2.69. The summed E-state index contributed by atoms with van der Waals surface area (Å²) in [5.41, 5.74) is 4.76. The normalized spacial score (nSPS) is 10.5. The van der Waals surface area contributed by atoms with Gasteiger partial charge in [-0.1, -0.05) is 29.8 Å². The van der Waals surface area contributed by atoms with E-state index in [0.717, 1.165) is 24.5 Å². The van der Waals surface area contributed by atoms with E-state index in [1.807, 2.05) is 11.6 Å². The van der Waals surface area contributed by atoms with Crippen LogP contribution in [0.5, 0.6) is 0 Å². The lowest BCUT2D eigenvalue weighted by molar-refractivity contribution is 0.653. The standard InChI is InChI=1S/C14H19N3/c1-4-17-10-14(12(3)16-17)15-9-13-7-5-11(2)6-8-13/h5-8,10,15H,4,9H2,1-3H3. The molecule has 0 amide bonds. The quantitative estimate of drug-likeness (QED) is 0.873. The van der Waals surface area contributed by atoms with Gasteiger partial charge >= 0.3 is 0 Å². The molecular formula is C14H19N3. The summed E-state index contributed by atoms with van der Waals surface area (Å²) in [6.07, 6.45) is 2.06. The summed E-state index contributed by atoms with van der Waals surface area (Å²) in [6.45, 7) is 7.98. The number of benzene rings is 1. The highest BCUT2D eigenvalue weighted by Crippen LogP contribution is 2.14. The molecule has 0 unspecified atom stereocenters. The summed E-state index contributed by atoms with van der Waals surface area (Å²) in [7, 11) is 0. The van der Waals surface area contributed by atoms with Gasteiger partial charge in [-0.2, -0.15) is 5.10 Å². The van der Waals surface area contributed by atoms with E-state index in [-0.39, 0.29) is 0 Å². The molecule has 0 aliphatic carbocycles. The van der Waals surface area contributed by atoms with Gasteiger partial charge in [-0.05, 0) is 26.3 Å². The van der Waals surface area contributed by atoms with E-state index in [4.69, 9.17) is 0 Å². The Kier molecular flexibility index (Phi) is 3.47. The van der Waals surface area contributed by atoms with E-state index in [0.29, 0.717) is 0 Å². The van der Waals surface area contributed by atoms with E-state index in [9.17, 15) is 0 Å². The molecule has 2 rings (SSSR count). The molecule has 3 heteroatoms. The fourth-order valence-corrected chi connectivity index (χ4v) is 1.76. The maximum absolute atomic E-state index is 4.41. The minimum Gasteiger partial charge on any atom is -0.378 e. The Morgan fingerprint density at radius 1 is 1.18 bits per heavy atom. The van der Waals surface area contributed by atoms with Crippen LogP contribution < -0.4 is 5.32 Å². The molecule has 1 heterocycles. The van der Waals surface area contributed by atoms with Gasteiger partial charge in [-0.25, -0.2) is 0 Å². The molecule has 0 radical (unpaired) electrons. The highest BCUT2D eigenvalue weighted by atomic mass is 15.3. The van der Waals surface area contributed by atoms with E-state index >= 15 is 0 Å². The lowest BCUT2D eigenvalue weighted by atomic mass is 10.1. The third kappa shape index (κ3) is 2.87. The van der Waals surface area contributed by atoms with Crippen molar-refractivity contribution < 1.29 is 0 Å². The molecule has 1 aromatic carbocycles. The molecule has 0 aliphatic heterocycles. The van der Waals surface area contributed by atoms with Gasteiger partial charge in [0, 0.05) is 19.3 Å². The molecule has 0 atom stereocenters. The van der Waals surface area contributed by atoms with E-state index in [1.165, 1.54) is 11.1 Å². The lowest BCUT2D eigenvalue weighted by Crippen LogP contribution is -1.99. The zero-order valence-corrected chi connectivity index (χ0v) is 10.7. The van der Waals surface area contributed by atoms with Crippen LogP contribution in [0.2, 0.25) is 0 Å². The Balaban J connectivity index is 2.01. The first-order valence-electron chi connectivity index (χ1n) is 6.02. The molecule has 0 saturated carbocycles. The molecule has 1 N–H and O–H groups in total. The van der Waals surface area contributed by atoms with E-state index in [1.54, 1.807) is 0 Å². The van der Waals surface area contributed by atoms with Crippen molar-refractivity contribution >= 4 is 5.69 Å². The van der Waals surface area contributed by atoms with Crippen molar-refractivity contribution in [2.75, 3.05) is 5.32 Å². The van der Waals surface area contributed by atoms with Crippen LogP contribution in [-0.2, 0) is 13.1 Å². The van der Waals surface area contributed by atoms with Crippen molar-refractivity contribution in [2.24, 2.45) is 0 Å². The SMILES string of the molecule is CCn1cc(NCc2ccc(C)cc2)c(C)n1. The van der Waals surface area contributed by atoms with Crippen molar-refractivity contribution in [1.82, 2.24) is 9.78 Å². The van der Waals surface area contributed by atoms with Crippen LogP contribution in [0.15, 0.2) is 30.5 Å². The second-order valence-electron chi connectivity index (χ2n) is 4.32. The molecular weight excluding hydrogens is 210 g/mol. The van der Waals surface area contributed by atoms with Crippen LogP contribution >= 0.6 is 0 Å². The molecule has 0 saturated heterocycles. The number of aromatic nitrogens is 2. The monoisotopic (exact) mass is 229 g/mol. The fraction of sp³-hybridized carbons (Fsp3) is 0.357. The van der Waals surface area contributed by atoms with Crippen LogP contribution in [0.25, 0.3) is 0 Å². The van der Waals surface area contributed by atoms with Crippen molar-refractivity contribution in [1.29, 1.82) is 0 Å². The van der Waals surface area contributed by atoms with E-state index < -0.39 is 0 Å². The first-order valence-corrected chi connectivity index (χ1v) is 6.02. The largest absolute Gasteiger partial charge is 0.378 e. The highest BCUT2D eigenvalue weighted by Gasteiger charge is 2.03. The Labute approximate surface area is 102 Å².